The number of fused-ring (bicyclic) bond motifs is 2. The van der Waals surface area contributed by atoms with Gasteiger partial charge in [-0.05, 0) is 56.2 Å². The van der Waals surface area contributed by atoms with Gasteiger partial charge in [0, 0.05) is 36.3 Å². The van der Waals surface area contributed by atoms with Crippen LogP contribution in [0.1, 0.15) is 56.6 Å². The summed E-state index contributed by atoms with van der Waals surface area (Å²) in [5.41, 5.74) is 6.39. The summed E-state index contributed by atoms with van der Waals surface area (Å²) in [5.74, 6) is 0. The van der Waals surface area contributed by atoms with Crippen molar-refractivity contribution in [1.29, 1.82) is 0 Å². The van der Waals surface area contributed by atoms with E-state index < -0.39 is 0 Å². The minimum Gasteiger partial charge on any atom is -0.366 e. The van der Waals surface area contributed by atoms with Crippen LogP contribution in [0.25, 0.3) is 5.57 Å². The number of rotatable bonds is 2. The van der Waals surface area contributed by atoms with Crippen LogP contribution in [0.15, 0.2) is 53.7 Å². The molecule has 5 rings (SSSR count). The molecule has 29 heavy (non-hydrogen) atoms. The van der Waals surface area contributed by atoms with Gasteiger partial charge in [0.1, 0.15) is 6.04 Å². The number of aromatic nitrogens is 1. The third-order valence-electron chi connectivity index (χ3n) is 6.46. The molecule has 0 aliphatic carbocycles. The van der Waals surface area contributed by atoms with E-state index in [4.69, 9.17) is 4.99 Å². The summed E-state index contributed by atoms with van der Waals surface area (Å²) in [5, 5.41) is 1.74. The van der Waals surface area contributed by atoms with E-state index in [0.29, 0.717) is 5.25 Å². The first-order valence-corrected chi connectivity index (χ1v) is 11.2. The number of allylic oxidation sites excluding steroid dienone is 1. The van der Waals surface area contributed by atoms with Crippen LogP contribution in [0.2, 0.25) is 0 Å². The van der Waals surface area contributed by atoms with Crippen molar-refractivity contribution in [3.05, 3.63) is 65.5 Å². The van der Waals surface area contributed by atoms with Crippen LogP contribution < -0.4 is 4.90 Å². The molecular weight excluding hydrogens is 376 g/mol. The molecule has 3 aliphatic heterocycles. The van der Waals surface area contributed by atoms with Crippen LogP contribution in [0.4, 0.5) is 5.69 Å². The fourth-order valence-corrected chi connectivity index (χ4v) is 5.93. The molecule has 0 bridgehead atoms. The lowest BCUT2D eigenvalue weighted by Gasteiger charge is -2.41. The van der Waals surface area contributed by atoms with E-state index in [0.717, 1.165) is 12.2 Å². The molecule has 1 aromatic carbocycles. The van der Waals surface area contributed by atoms with Crippen molar-refractivity contribution in [2.75, 3.05) is 18.5 Å². The molecule has 1 fully saturated rings. The van der Waals surface area contributed by atoms with E-state index in [1.54, 1.807) is 0 Å². The summed E-state index contributed by atoms with van der Waals surface area (Å²) in [6.45, 7) is 10.1. The topological polar surface area (TPSA) is 31.7 Å². The van der Waals surface area contributed by atoms with Gasteiger partial charge in [-0.3, -0.25) is 9.98 Å². The Bertz CT molecular complexity index is 1010. The smallest absolute Gasteiger partial charge is 0.160 e. The van der Waals surface area contributed by atoms with Gasteiger partial charge in [0.2, 0.25) is 0 Å². The summed E-state index contributed by atoms with van der Waals surface area (Å²) in [6.07, 6.45) is 4.25. The highest BCUT2D eigenvalue weighted by Gasteiger charge is 2.44. The number of pyridine rings is 1. The van der Waals surface area contributed by atoms with Crippen LogP contribution >= 0.6 is 11.8 Å². The molecule has 0 saturated carbocycles. The Kier molecular flexibility index (Phi) is 4.28. The van der Waals surface area contributed by atoms with E-state index >= 15 is 0 Å². The molecule has 3 atom stereocenters. The second-order valence-electron chi connectivity index (χ2n) is 8.95. The first kappa shape index (κ1) is 18.7. The molecule has 4 heterocycles. The molecule has 1 aromatic heterocycles. The molecule has 4 nitrogen and oxygen atoms in total. The highest BCUT2D eigenvalue weighted by atomic mass is 32.2. The molecule has 0 unspecified atom stereocenters. The van der Waals surface area contributed by atoms with E-state index in [9.17, 15) is 0 Å². The number of anilines is 1. The normalized spacial score (nSPS) is 27.4. The predicted molar refractivity (Wildman–Crippen MR) is 123 cm³/mol. The fraction of sp³-hybridized carbons (Fsp3) is 0.417. The minimum absolute atomic E-state index is 0.0275. The average Bonchev–Trinajstić information content (AvgIpc) is 3.22. The maximum atomic E-state index is 5.12. The molecule has 5 heteroatoms. The van der Waals surface area contributed by atoms with E-state index in [-0.39, 0.29) is 17.6 Å². The summed E-state index contributed by atoms with van der Waals surface area (Å²) < 4.78 is 0. The van der Waals surface area contributed by atoms with Crippen LogP contribution in [0.3, 0.4) is 0 Å². The van der Waals surface area contributed by atoms with Crippen LogP contribution in [0.5, 0.6) is 0 Å². The monoisotopic (exact) mass is 404 g/mol. The number of hydrogen-bond donors (Lipinski definition) is 0. The van der Waals surface area contributed by atoms with Gasteiger partial charge in [-0.15, -0.1) is 0 Å². The Morgan fingerprint density at radius 1 is 1.17 bits per heavy atom. The molecule has 2 aromatic rings. The molecule has 1 saturated heterocycles. The third kappa shape index (κ3) is 2.98. The molecular formula is C24H28N4S. The fourth-order valence-electron chi connectivity index (χ4n) is 4.84. The predicted octanol–water partition coefficient (Wildman–Crippen LogP) is 5.30. The molecule has 150 valence electrons. The highest BCUT2D eigenvalue weighted by Crippen LogP contribution is 2.49. The zero-order chi connectivity index (χ0) is 20.3. The van der Waals surface area contributed by atoms with Crippen molar-refractivity contribution in [3.8, 4) is 0 Å². The Morgan fingerprint density at radius 2 is 2.00 bits per heavy atom. The molecule has 0 amide bonds. The SMILES string of the molecule is CC1=CC(C)(C)N(C)c2ccc([C@@H]3[C@H](c4ccccn4)N=C4S[C@@H](C)CN43)cc21. The van der Waals surface area contributed by atoms with Gasteiger partial charge in [-0.2, -0.15) is 0 Å². The standard InChI is InChI=1S/C24H28N4S/c1-15-13-24(3,4)27(5)20-10-9-17(12-18(15)20)22-21(19-8-6-7-11-25-19)26-23-28(22)14-16(2)29-23/h6-13,16,21-22H,14H2,1-5H3/t16-,21-,22+/m0/s1. The van der Waals surface area contributed by atoms with Gasteiger partial charge in [0.05, 0.1) is 17.3 Å². The second kappa shape index (κ2) is 6.63. The lowest BCUT2D eigenvalue weighted by Crippen LogP contribution is -2.42. The van der Waals surface area contributed by atoms with E-state index in [1.165, 1.54) is 27.6 Å². The molecule has 3 aliphatic rings. The van der Waals surface area contributed by atoms with E-state index in [2.05, 4.69) is 85.9 Å². The maximum absolute atomic E-state index is 5.12. The van der Waals surface area contributed by atoms with Crippen LogP contribution in [-0.2, 0) is 0 Å². The zero-order valence-corrected chi connectivity index (χ0v) is 18.6. The first-order chi connectivity index (χ1) is 13.8. The average molecular weight is 405 g/mol. The van der Waals surface area contributed by atoms with Crippen LogP contribution in [0, 0.1) is 0 Å². The Morgan fingerprint density at radius 3 is 2.76 bits per heavy atom. The van der Waals surface area contributed by atoms with Gasteiger partial charge in [-0.1, -0.05) is 36.9 Å². The van der Waals surface area contributed by atoms with Crippen molar-refractivity contribution in [3.63, 3.8) is 0 Å². The van der Waals surface area contributed by atoms with Gasteiger partial charge in [0.15, 0.2) is 5.17 Å². The number of aliphatic imine (C=N–C) groups is 1. The van der Waals surface area contributed by atoms with E-state index in [1.807, 2.05) is 24.0 Å². The van der Waals surface area contributed by atoms with Crippen molar-refractivity contribution >= 4 is 28.2 Å². The van der Waals surface area contributed by atoms with Gasteiger partial charge >= 0.3 is 0 Å². The Balaban J connectivity index is 1.60. The molecule has 0 radical (unpaired) electrons. The number of nitrogens with zero attached hydrogens (tertiary/aromatic N) is 4. The lowest BCUT2D eigenvalue weighted by molar-refractivity contribution is 0.321. The summed E-state index contributed by atoms with van der Waals surface area (Å²) in [4.78, 5) is 14.6. The van der Waals surface area contributed by atoms with Crippen LogP contribution in [-0.4, -0.2) is 39.4 Å². The zero-order valence-electron chi connectivity index (χ0n) is 17.8. The quantitative estimate of drug-likeness (QED) is 0.679. The minimum atomic E-state index is 0.0275. The van der Waals surface area contributed by atoms with Crippen molar-refractivity contribution in [2.24, 2.45) is 4.99 Å². The second-order valence-corrected chi connectivity index (χ2v) is 10.4. The molecule has 0 spiro atoms. The summed E-state index contributed by atoms with van der Waals surface area (Å²) >= 11 is 1.89. The number of benzene rings is 1. The first-order valence-electron chi connectivity index (χ1n) is 10.3. The highest BCUT2D eigenvalue weighted by molar-refractivity contribution is 8.14. The number of amidine groups is 1. The number of thioether (sulfide) groups is 1. The maximum Gasteiger partial charge on any atom is 0.160 e. The number of hydrogen-bond acceptors (Lipinski definition) is 5. The molecule has 0 N–H and O–H groups in total. The summed E-state index contributed by atoms with van der Waals surface area (Å²) in [7, 11) is 2.19. The Hall–Kier alpha value is -2.27. The van der Waals surface area contributed by atoms with Gasteiger partial charge < -0.3 is 9.80 Å². The number of likely N-dealkylation sites (N-methyl/N-ethyl adjacent to an activating group) is 1. The third-order valence-corrected chi connectivity index (χ3v) is 7.57. The van der Waals surface area contributed by atoms with Crippen molar-refractivity contribution < 1.29 is 0 Å². The summed E-state index contributed by atoms with van der Waals surface area (Å²) in [6, 6.07) is 13.4. The lowest BCUT2D eigenvalue weighted by atomic mass is 9.86. The van der Waals surface area contributed by atoms with Gasteiger partial charge in [-0.25, -0.2) is 0 Å². The largest absolute Gasteiger partial charge is 0.366 e. The van der Waals surface area contributed by atoms with Crippen molar-refractivity contribution in [2.45, 2.75) is 50.6 Å². The van der Waals surface area contributed by atoms with Gasteiger partial charge in [0.25, 0.3) is 0 Å². The van der Waals surface area contributed by atoms with Crippen molar-refractivity contribution in [1.82, 2.24) is 9.88 Å². The Labute approximate surface area is 177 Å².